The van der Waals surface area contributed by atoms with Gasteiger partial charge >= 0.3 is 0 Å². The molecule has 0 aliphatic carbocycles. The summed E-state index contributed by atoms with van der Waals surface area (Å²) in [6.07, 6.45) is 4.64. The Hall–Kier alpha value is -0.353. The lowest BCUT2D eigenvalue weighted by atomic mass is 10.2. The monoisotopic (exact) mass is 284 g/mol. The summed E-state index contributed by atoms with van der Waals surface area (Å²) in [6, 6.07) is 0.480. The molecule has 112 valence electrons. The Morgan fingerprint density at radius 2 is 2.05 bits per heavy atom. The molecule has 0 saturated carbocycles. The normalized spacial score (nSPS) is 23.3. The van der Waals surface area contributed by atoms with Gasteiger partial charge in [0, 0.05) is 19.9 Å². The van der Waals surface area contributed by atoms with Gasteiger partial charge in [-0.25, -0.2) is 0 Å². The minimum absolute atomic E-state index is 0.412. The molecule has 1 saturated heterocycles. The third kappa shape index (κ3) is 4.05. The standard InChI is InChI=1S/C15H32N2OSi/c1-13(19(6,7)15(2,3)4)11-16-17-10-8-9-14(17)12-18-5/h11,13-14H,8-10,12H2,1-7H3/b16-11+/t13-,14-/m0/s1. The van der Waals surface area contributed by atoms with Gasteiger partial charge in [-0.3, -0.25) is 5.01 Å². The Bertz CT molecular complexity index is 310. The van der Waals surface area contributed by atoms with Gasteiger partial charge in [-0.15, -0.1) is 0 Å². The average Bonchev–Trinajstić information content (AvgIpc) is 2.72. The Morgan fingerprint density at radius 3 is 2.58 bits per heavy atom. The zero-order valence-electron chi connectivity index (χ0n) is 13.9. The van der Waals surface area contributed by atoms with Gasteiger partial charge in [-0.05, 0) is 23.4 Å². The molecule has 0 amide bonds. The fourth-order valence-electron chi connectivity index (χ4n) is 2.39. The van der Waals surface area contributed by atoms with Crippen LogP contribution in [0.15, 0.2) is 5.10 Å². The molecule has 0 bridgehead atoms. The van der Waals surface area contributed by atoms with Crippen LogP contribution < -0.4 is 0 Å². The summed E-state index contributed by atoms with van der Waals surface area (Å²) in [5, 5.41) is 7.41. The summed E-state index contributed by atoms with van der Waals surface area (Å²) in [6.45, 7) is 16.3. The highest BCUT2D eigenvalue weighted by molar-refractivity contribution is 6.83. The van der Waals surface area contributed by atoms with Crippen LogP contribution >= 0.6 is 0 Å². The third-order valence-electron chi connectivity index (χ3n) is 5.22. The van der Waals surface area contributed by atoms with E-state index in [-0.39, 0.29) is 0 Å². The Kier molecular flexibility index (Phi) is 5.62. The molecule has 0 N–H and O–H groups in total. The van der Waals surface area contributed by atoms with Gasteiger partial charge in [0.25, 0.3) is 0 Å². The van der Waals surface area contributed by atoms with Crippen molar-refractivity contribution in [3.05, 3.63) is 0 Å². The van der Waals surface area contributed by atoms with E-state index in [2.05, 4.69) is 52.0 Å². The molecule has 1 aliphatic rings. The molecule has 1 aliphatic heterocycles. The van der Waals surface area contributed by atoms with Crippen LogP contribution in [0.2, 0.25) is 23.7 Å². The van der Waals surface area contributed by atoms with Gasteiger partial charge in [-0.2, -0.15) is 5.10 Å². The minimum Gasteiger partial charge on any atom is -0.382 e. The van der Waals surface area contributed by atoms with Crippen molar-refractivity contribution in [1.29, 1.82) is 0 Å². The average molecular weight is 285 g/mol. The Labute approximate surface area is 120 Å². The van der Waals surface area contributed by atoms with Crippen molar-refractivity contribution in [2.45, 2.75) is 70.3 Å². The van der Waals surface area contributed by atoms with Crippen LogP contribution in [0.5, 0.6) is 0 Å². The first-order valence-electron chi connectivity index (χ1n) is 7.50. The Morgan fingerprint density at radius 1 is 1.42 bits per heavy atom. The largest absolute Gasteiger partial charge is 0.382 e. The summed E-state index contributed by atoms with van der Waals surface area (Å²) in [5.74, 6) is 0. The van der Waals surface area contributed by atoms with Crippen molar-refractivity contribution >= 4 is 14.3 Å². The van der Waals surface area contributed by atoms with Crippen molar-refractivity contribution in [1.82, 2.24) is 5.01 Å². The number of hydrogen-bond donors (Lipinski definition) is 0. The Balaban J connectivity index is 2.65. The predicted octanol–water partition coefficient (Wildman–Crippen LogP) is 3.98. The zero-order chi connectivity index (χ0) is 14.7. The van der Waals surface area contributed by atoms with Crippen LogP contribution in [-0.4, -0.2) is 45.6 Å². The molecule has 19 heavy (non-hydrogen) atoms. The van der Waals surface area contributed by atoms with Crippen LogP contribution in [0.4, 0.5) is 0 Å². The summed E-state index contributed by atoms with van der Waals surface area (Å²) in [7, 11) is 0.448. The molecule has 2 atom stereocenters. The van der Waals surface area contributed by atoms with Gasteiger partial charge in [0.2, 0.25) is 0 Å². The first-order chi connectivity index (χ1) is 8.70. The first kappa shape index (κ1) is 16.7. The quantitative estimate of drug-likeness (QED) is 0.563. The lowest BCUT2D eigenvalue weighted by Crippen LogP contribution is -2.42. The lowest BCUT2D eigenvalue weighted by molar-refractivity contribution is 0.118. The fraction of sp³-hybridized carbons (Fsp3) is 0.933. The molecule has 0 aromatic heterocycles. The molecule has 0 unspecified atom stereocenters. The van der Waals surface area contributed by atoms with Crippen LogP contribution in [0.25, 0.3) is 0 Å². The number of rotatable bonds is 5. The maximum absolute atomic E-state index is 5.28. The van der Waals surface area contributed by atoms with Crippen LogP contribution in [-0.2, 0) is 4.74 Å². The molecule has 4 heteroatoms. The summed E-state index contributed by atoms with van der Waals surface area (Å²) >= 11 is 0. The van der Waals surface area contributed by atoms with E-state index in [0.717, 1.165) is 13.2 Å². The third-order valence-corrected chi connectivity index (χ3v) is 11.5. The summed E-state index contributed by atoms with van der Waals surface area (Å²) < 4.78 is 5.28. The molecular weight excluding hydrogens is 252 g/mol. The molecule has 0 aromatic rings. The molecule has 3 nitrogen and oxygen atoms in total. The van der Waals surface area contributed by atoms with Gasteiger partial charge in [-0.1, -0.05) is 40.8 Å². The number of methoxy groups -OCH3 is 1. The summed E-state index contributed by atoms with van der Waals surface area (Å²) in [4.78, 5) is 0. The first-order valence-corrected chi connectivity index (χ1v) is 10.6. The molecule has 0 radical (unpaired) electrons. The van der Waals surface area contributed by atoms with E-state index in [0.29, 0.717) is 16.6 Å². The molecule has 1 fully saturated rings. The molecule has 1 rings (SSSR count). The number of hydrogen-bond acceptors (Lipinski definition) is 3. The van der Waals surface area contributed by atoms with E-state index in [1.807, 2.05) is 0 Å². The minimum atomic E-state index is -1.33. The fourth-order valence-corrected chi connectivity index (χ4v) is 4.19. The van der Waals surface area contributed by atoms with Crippen LogP contribution in [0.1, 0.15) is 40.5 Å². The topological polar surface area (TPSA) is 24.8 Å². The van der Waals surface area contributed by atoms with Gasteiger partial charge in [0.05, 0.1) is 20.7 Å². The second-order valence-electron chi connectivity index (χ2n) is 7.44. The lowest BCUT2D eigenvalue weighted by Gasteiger charge is -2.40. The van der Waals surface area contributed by atoms with Gasteiger partial charge in [0.15, 0.2) is 0 Å². The van der Waals surface area contributed by atoms with E-state index in [9.17, 15) is 0 Å². The zero-order valence-corrected chi connectivity index (χ0v) is 14.9. The molecular formula is C15H32N2OSi. The van der Waals surface area contributed by atoms with Crippen LogP contribution in [0, 0.1) is 0 Å². The van der Waals surface area contributed by atoms with Crippen molar-refractivity contribution in [2.24, 2.45) is 5.10 Å². The highest BCUT2D eigenvalue weighted by Crippen LogP contribution is 2.42. The maximum atomic E-state index is 5.28. The number of ether oxygens (including phenoxy) is 1. The van der Waals surface area contributed by atoms with E-state index >= 15 is 0 Å². The van der Waals surface area contributed by atoms with E-state index < -0.39 is 8.07 Å². The van der Waals surface area contributed by atoms with Crippen molar-refractivity contribution in [3.63, 3.8) is 0 Å². The molecule has 0 aromatic carbocycles. The predicted molar refractivity (Wildman–Crippen MR) is 86.7 cm³/mol. The molecule has 1 heterocycles. The van der Waals surface area contributed by atoms with E-state index in [4.69, 9.17) is 9.84 Å². The van der Waals surface area contributed by atoms with Crippen molar-refractivity contribution in [2.75, 3.05) is 20.3 Å². The number of nitrogens with zero attached hydrogens (tertiary/aromatic N) is 2. The number of hydrazone groups is 1. The second kappa shape index (κ2) is 6.40. The van der Waals surface area contributed by atoms with Gasteiger partial charge < -0.3 is 4.74 Å². The van der Waals surface area contributed by atoms with Crippen molar-refractivity contribution < 1.29 is 4.74 Å². The highest BCUT2D eigenvalue weighted by atomic mass is 28.3. The highest BCUT2D eigenvalue weighted by Gasteiger charge is 2.39. The second-order valence-corrected chi connectivity index (χ2v) is 13.3. The molecule has 0 spiro atoms. The van der Waals surface area contributed by atoms with E-state index in [1.54, 1.807) is 7.11 Å². The SMILES string of the molecule is COC[C@@H]1CCCN1/N=C/[C@H](C)[Si](C)(C)C(C)(C)C. The van der Waals surface area contributed by atoms with Crippen LogP contribution in [0.3, 0.4) is 0 Å². The van der Waals surface area contributed by atoms with E-state index in [1.165, 1.54) is 12.8 Å². The van der Waals surface area contributed by atoms with Gasteiger partial charge in [0.1, 0.15) is 0 Å². The smallest absolute Gasteiger partial charge is 0.0704 e. The summed E-state index contributed by atoms with van der Waals surface area (Å²) in [5.41, 5.74) is 0.594. The maximum Gasteiger partial charge on any atom is 0.0704 e. The van der Waals surface area contributed by atoms with Crippen molar-refractivity contribution in [3.8, 4) is 0 Å².